The highest BCUT2D eigenvalue weighted by molar-refractivity contribution is 5.84. The second kappa shape index (κ2) is 10.1. The zero-order valence-corrected chi connectivity index (χ0v) is 15.8. The Kier molecular flexibility index (Phi) is 8.12. The number of amides is 2. The van der Waals surface area contributed by atoms with Crippen LogP contribution in [0.5, 0.6) is 0 Å². The van der Waals surface area contributed by atoms with E-state index in [2.05, 4.69) is 9.80 Å². The van der Waals surface area contributed by atoms with E-state index in [9.17, 15) is 9.59 Å². The molecule has 0 aromatic heterocycles. The molecular formula is C18H34N4O3. The van der Waals surface area contributed by atoms with Gasteiger partial charge in [-0.25, -0.2) is 0 Å². The molecule has 7 nitrogen and oxygen atoms in total. The Balaban J connectivity index is 1.77. The van der Waals surface area contributed by atoms with Crippen molar-refractivity contribution < 1.29 is 14.7 Å². The van der Waals surface area contributed by atoms with E-state index in [1.54, 1.807) is 0 Å². The van der Waals surface area contributed by atoms with Gasteiger partial charge in [-0.05, 0) is 39.9 Å². The van der Waals surface area contributed by atoms with E-state index in [0.717, 1.165) is 52.1 Å². The van der Waals surface area contributed by atoms with Gasteiger partial charge in [-0.15, -0.1) is 0 Å². The van der Waals surface area contributed by atoms with Crippen LogP contribution in [-0.2, 0) is 9.59 Å². The number of carbonyl (C=O) groups excluding carboxylic acids is 2. The van der Waals surface area contributed by atoms with Crippen LogP contribution in [0.3, 0.4) is 0 Å². The van der Waals surface area contributed by atoms with Crippen molar-refractivity contribution in [2.24, 2.45) is 5.92 Å². The molecule has 2 heterocycles. The number of likely N-dealkylation sites (tertiary alicyclic amines) is 1. The van der Waals surface area contributed by atoms with E-state index in [1.807, 2.05) is 23.9 Å². The summed E-state index contributed by atoms with van der Waals surface area (Å²) in [7, 11) is 3.99. The highest BCUT2D eigenvalue weighted by Crippen LogP contribution is 2.20. The molecule has 0 aliphatic carbocycles. The number of aliphatic hydroxyl groups is 1. The zero-order chi connectivity index (χ0) is 18.2. The Hall–Kier alpha value is -1.18. The molecular weight excluding hydrogens is 320 g/mol. The second-order valence-corrected chi connectivity index (χ2v) is 7.48. The summed E-state index contributed by atoms with van der Waals surface area (Å²) >= 11 is 0. The van der Waals surface area contributed by atoms with Gasteiger partial charge in [-0.1, -0.05) is 0 Å². The predicted octanol–water partition coefficient (Wildman–Crippen LogP) is -0.297. The van der Waals surface area contributed by atoms with Gasteiger partial charge in [0, 0.05) is 58.8 Å². The molecule has 144 valence electrons. The quantitative estimate of drug-likeness (QED) is 0.607. The van der Waals surface area contributed by atoms with Gasteiger partial charge in [0.25, 0.3) is 0 Å². The summed E-state index contributed by atoms with van der Waals surface area (Å²) in [5.41, 5.74) is 0. The molecule has 0 spiro atoms. The van der Waals surface area contributed by atoms with Crippen LogP contribution in [0.1, 0.15) is 25.7 Å². The van der Waals surface area contributed by atoms with Crippen LogP contribution in [0.2, 0.25) is 0 Å². The van der Waals surface area contributed by atoms with Gasteiger partial charge in [-0.3, -0.25) is 14.5 Å². The van der Waals surface area contributed by atoms with Gasteiger partial charge in [0.1, 0.15) is 0 Å². The minimum absolute atomic E-state index is 0.0409. The molecule has 2 aliphatic heterocycles. The summed E-state index contributed by atoms with van der Waals surface area (Å²) in [6, 6.07) is 0. The minimum atomic E-state index is -0.0409. The highest BCUT2D eigenvalue weighted by Gasteiger charge is 2.33. The Morgan fingerprint density at radius 1 is 1.16 bits per heavy atom. The number of likely N-dealkylation sites (N-methyl/N-ethyl adjacent to an activating group) is 1. The molecule has 0 aromatic rings. The summed E-state index contributed by atoms with van der Waals surface area (Å²) in [6.45, 7) is 6.73. The number of unbranched alkanes of at least 4 members (excludes halogenated alkanes) is 1. The number of piperazine rings is 1. The van der Waals surface area contributed by atoms with Crippen LogP contribution in [-0.4, -0.2) is 110 Å². The average molecular weight is 354 g/mol. The van der Waals surface area contributed by atoms with Crippen LogP contribution >= 0.6 is 0 Å². The van der Waals surface area contributed by atoms with Gasteiger partial charge >= 0.3 is 0 Å². The summed E-state index contributed by atoms with van der Waals surface area (Å²) < 4.78 is 0. The Bertz CT molecular complexity index is 436. The van der Waals surface area contributed by atoms with Crippen molar-refractivity contribution in [3.8, 4) is 0 Å². The summed E-state index contributed by atoms with van der Waals surface area (Å²) in [4.78, 5) is 33.2. The first kappa shape index (κ1) is 20.1. The number of rotatable bonds is 8. The topological polar surface area (TPSA) is 67.3 Å². The standard InChI is InChI=1S/C18H34N4O3/c1-19(2)8-11-22-15-16(5-6-17(22)24)18(25)21-12-9-20(10-13-21)7-3-4-14-23/h16,23H,3-15H2,1-2H3. The highest BCUT2D eigenvalue weighted by atomic mass is 16.3. The zero-order valence-electron chi connectivity index (χ0n) is 15.8. The molecule has 2 rings (SSSR count). The maximum Gasteiger partial charge on any atom is 0.227 e. The lowest BCUT2D eigenvalue weighted by Gasteiger charge is -2.39. The smallest absolute Gasteiger partial charge is 0.227 e. The molecule has 0 bridgehead atoms. The van der Waals surface area contributed by atoms with E-state index in [1.165, 1.54) is 0 Å². The molecule has 0 radical (unpaired) electrons. The molecule has 7 heteroatoms. The second-order valence-electron chi connectivity index (χ2n) is 7.48. The third-order valence-electron chi connectivity index (χ3n) is 5.23. The number of nitrogens with zero attached hydrogens (tertiary/aromatic N) is 4. The monoisotopic (exact) mass is 354 g/mol. The molecule has 2 aliphatic rings. The van der Waals surface area contributed by atoms with Crippen LogP contribution in [0.4, 0.5) is 0 Å². The number of piperidine rings is 1. The first-order valence-electron chi connectivity index (χ1n) is 9.55. The third-order valence-corrected chi connectivity index (χ3v) is 5.23. The number of hydrogen-bond acceptors (Lipinski definition) is 5. The van der Waals surface area contributed by atoms with Crippen molar-refractivity contribution in [3.05, 3.63) is 0 Å². The van der Waals surface area contributed by atoms with E-state index < -0.39 is 0 Å². The largest absolute Gasteiger partial charge is 0.396 e. The molecule has 0 aromatic carbocycles. The van der Waals surface area contributed by atoms with Crippen molar-refractivity contribution in [1.29, 1.82) is 0 Å². The van der Waals surface area contributed by atoms with Crippen LogP contribution in [0.25, 0.3) is 0 Å². The first-order valence-corrected chi connectivity index (χ1v) is 9.55. The number of hydrogen-bond donors (Lipinski definition) is 1. The molecule has 1 atom stereocenters. The van der Waals surface area contributed by atoms with Gasteiger partial charge in [0.05, 0.1) is 5.92 Å². The van der Waals surface area contributed by atoms with E-state index in [0.29, 0.717) is 25.9 Å². The fraction of sp³-hybridized carbons (Fsp3) is 0.889. The fourth-order valence-electron chi connectivity index (χ4n) is 3.55. The van der Waals surface area contributed by atoms with Gasteiger partial charge in [0.2, 0.25) is 11.8 Å². The summed E-state index contributed by atoms with van der Waals surface area (Å²) in [6.07, 6.45) is 3.03. The van der Waals surface area contributed by atoms with Crippen molar-refractivity contribution in [1.82, 2.24) is 19.6 Å². The summed E-state index contributed by atoms with van der Waals surface area (Å²) in [5.74, 6) is 0.359. The van der Waals surface area contributed by atoms with Crippen molar-refractivity contribution >= 4 is 11.8 Å². The fourth-order valence-corrected chi connectivity index (χ4v) is 3.55. The lowest BCUT2D eigenvalue weighted by Crippen LogP contribution is -2.53. The number of aliphatic hydroxyl groups excluding tert-OH is 1. The van der Waals surface area contributed by atoms with Gasteiger partial charge in [-0.2, -0.15) is 0 Å². The molecule has 2 fully saturated rings. The molecule has 2 saturated heterocycles. The molecule has 25 heavy (non-hydrogen) atoms. The van der Waals surface area contributed by atoms with Gasteiger partial charge in [0.15, 0.2) is 0 Å². The van der Waals surface area contributed by atoms with Crippen LogP contribution < -0.4 is 0 Å². The van der Waals surface area contributed by atoms with Crippen molar-refractivity contribution in [3.63, 3.8) is 0 Å². The maximum atomic E-state index is 12.8. The predicted molar refractivity (Wildman–Crippen MR) is 97.2 cm³/mol. The summed E-state index contributed by atoms with van der Waals surface area (Å²) in [5, 5.41) is 8.86. The maximum absolute atomic E-state index is 12.8. The minimum Gasteiger partial charge on any atom is -0.396 e. The van der Waals surface area contributed by atoms with Crippen molar-refractivity contribution in [2.75, 3.05) is 73.1 Å². The Labute approximate surface area is 151 Å². The van der Waals surface area contributed by atoms with Gasteiger partial charge < -0.3 is 19.8 Å². The van der Waals surface area contributed by atoms with Crippen LogP contribution in [0, 0.1) is 5.92 Å². The lowest BCUT2D eigenvalue weighted by atomic mass is 9.95. The SMILES string of the molecule is CN(C)CCN1CC(C(=O)N2CCN(CCCCO)CC2)CCC1=O. The van der Waals surface area contributed by atoms with E-state index >= 15 is 0 Å². The molecule has 0 saturated carbocycles. The lowest BCUT2D eigenvalue weighted by molar-refractivity contribution is -0.144. The van der Waals surface area contributed by atoms with Crippen LogP contribution in [0.15, 0.2) is 0 Å². The Morgan fingerprint density at radius 3 is 2.52 bits per heavy atom. The molecule has 1 unspecified atom stereocenters. The normalized spacial score (nSPS) is 22.7. The van der Waals surface area contributed by atoms with E-state index in [-0.39, 0.29) is 24.3 Å². The molecule has 1 N–H and O–H groups in total. The Morgan fingerprint density at radius 2 is 1.88 bits per heavy atom. The van der Waals surface area contributed by atoms with Crippen molar-refractivity contribution in [2.45, 2.75) is 25.7 Å². The third kappa shape index (κ3) is 6.24. The molecule has 2 amide bonds. The van der Waals surface area contributed by atoms with E-state index in [4.69, 9.17) is 5.11 Å². The first-order chi connectivity index (χ1) is 12.0. The number of carbonyl (C=O) groups is 2. The average Bonchev–Trinajstić information content (AvgIpc) is 2.61.